The van der Waals surface area contributed by atoms with Gasteiger partial charge in [-0.15, -0.1) is 0 Å². The van der Waals surface area contributed by atoms with E-state index in [1.54, 1.807) is 39.8 Å². The number of ether oxygens (including phenoxy) is 4. The summed E-state index contributed by atoms with van der Waals surface area (Å²) >= 11 is 0. The number of fused-ring (bicyclic) bond motifs is 2. The van der Waals surface area contributed by atoms with Gasteiger partial charge in [-0.05, 0) is 19.9 Å². The number of hydrogen-bond donors (Lipinski definition) is 7. The fourth-order valence-electron chi connectivity index (χ4n) is 8.03. The van der Waals surface area contributed by atoms with Crippen LogP contribution in [0.25, 0.3) is 33.0 Å². The second-order valence-corrected chi connectivity index (χ2v) is 15.7. The lowest BCUT2D eigenvalue weighted by Gasteiger charge is -2.38. The standard InChI is InChI=1S/C43H50N2O14/c1-17-11-10-12-18(2)42(54)45-33-37(52)29-28(32-40(33)58-27-16-24(47)15-25(48)31(27)44-32)30-39(22(6)36(29)51)59-43(8,41(30)53)56-14-13-26(55-9)19(3)38(57-23(7)46)21(5)35(50)20(4)34(17)49/h10-17,19-21,26,34-35,38,41,47-50,52-53H,1-9H3,(H,45,54)/b11-10+,14-13+,18-12-/t17-,19+,20+,21+,26-,34-,35+,38+,41?,43-/m0/s1. The summed E-state index contributed by atoms with van der Waals surface area (Å²) in [6.45, 7) is 12.5. The summed E-state index contributed by atoms with van der Waals surface area (Å²) in [5.74, 6) is -7.43. The first-order valence-electron chi connectivity index (χ1n) is 19.2. The highest BCUT2D eigenvalue weighted by atomic mass is 16.7. The van der Waals surface area contributed by atoms with E-state index >= 15 is 0 Å². The maximum absolute atomic E-state index is 14.2. The van der Waals surface area contributed by atoms with Gasteiger partial charge in [0.25, 0.3) is 11.7 Å². The van der Waals surface area contributed by atoms with E-state index in [1.807, 2.05) is 0 Å². The highest BCUT2D eigenvalue weighted by Crippen LogP contribution is 2.52. The number of aliphatic hydroxyl groups excluding tert-OH is 3. The van der Waals surface area contributed by atoms with Crippen LogP contribution in [0.3, 0.4) is 0 Å². The van der Waals surface area contributed by atoms with Crippen LogP contribution in [-0.2, 0) is 23.8 Å². The number of nitrogens with zero attached hydrogens (tertiary/aromatic N) is 1. The fourth-order valence-corrected chi connectivity index (χ4v) is 8.03. The van der Waals surface area contributed by atoms with Crippen LogP contribution in [0.15, 0.2) is 57.5 Å². The van der Waals surface area contributed by atoms with Crippen molar-refractivity contribution in [2.45, 2.75) is 91.7 Å². The van der Waals surface area contributed by atoms with E-state index in [0.717, 1.165) is 12.1 Å². The molecule has 4 bridgehead atoms. The summed E-state index contributed by atoms with van der Waals surface area (Å²) in [5, 5.41) is 70.0. The van der Waals surface area contributed by atoms with Gasteiger partial charge in [0.15, 0.2) is 28.4 Å². The molecular weight excluding hydrogens is 768 g/mol. The molecule has 0 spiro atoms. The molecule has 2 aliphatic rings. The van der Waals surface area contributed by atoms with Gasteiger partial charge in [0, 0.05) is 78.8 Å². The van der Waals surface area contributed by atoms with Gasteiger partial charge in [-0.1, -0.05) is 45.9 Å². The number of carbonyl (C=O) groups is 2. The molecule has 59 heavy (non-hydrogen) atoms. The van der Waals surface area contributed by atoms with Gasteiger partial charge < -0.3 is 59.3 Å². The molecule has 7 N–H and O–H groups in total. The number of hydrogen-bond acceptors (Lipinski definition) is 15. The molecule has 316 valence electrons. The SMILES string of the molecule is CO[C@H]1/C=C/O[C@@]2(C)Oc3c(C)c(=O)c4c(O)c(c5oc6cc(O)cc(O)c6nc5c4c3C2O)NC(=O)/C(C)=C\C=C\[C@H](C)[C@H](O)[C@@H](C)[C@@H](O)[C@@H](C)[C@H](OC(C)=O)[C@@H]1C. The number of allylic oxidation sites excluding steroid dienone is 2. The Kier molecular flexibility index (Phi) is 11.8. The number of methoxy groups -OCH3 is 1. The predicted molar refractivity (Wildman–Crippen MR) is 216 cm³/mol. The first kappa shape index (κ1) is 42.9. The largest absolute Gasteiger partial charge is 0.508 e. The molecule has 16 nitrogen and oxygen atoms in total. The van der Waals surface area contributed by atoms with Crippen molar-refractivity contribution in [2.24, 2.45) is 23.7 Å². The zero-order valence-corrected chi connectivity index (χ0v) is 34.1. The Morgan fingerprint density at radius 1 is 0.932 bits per heavy atom. The first-order chi connectivity index (χ1) is 27.7. The normalized spacial score (nSPS) is 31.4. The predicted octanol–water partition coefficient (Wildman–Crippen LogP) is 5.26. The van der Waals surface area contributed by atoms with Gasteiger partial charge in [0.1, 0.15) is 40.1 Å². The number of aromatic nitrogens is 1. The van der Waals surface area contributed by atoms with E-state index < -0.39 is 88.8 Å². The van der Waals surface area contributed by atoms with Crippen molar-refractivity contribution >= 4 is 50.5 Å². The number of anilines is 1. The van der Waals surface area contributed by atoms with Gasteiger partial charge >= 0.3 is 5.97 Å². The topological polar surface area (TPSA) is 248 Å². The molecule has 6 rings (SSSR count). The zero-order valence-electron chi connectivity index (χ0n) is 34.1. The maximum atomic E-state index is 14.2. The van der Waals surface area contributed by atoms with Crippen molar-refractivity contribution in [3.8, 4) is 23.0 Å². The molecule has 4 aromatic rings. The molecular formula is C43H50N2O14. The van der Waals surface area contributed by atoms with Crippen molar-refractivity contribution in [3.63, 3.8) is 0 Å². The van der Waals surface area contributed by atoms with Gasteiger partial charge in [0.05, 0.1) is 30.0 Å². The smallest absolute Gasteiger partial charge is 0.302 e. The highest BCUT2D eigenvalue weighted by Gasteiger charge is 2.49. The number of benzene rings is 3. The molecule has 0 fully saturated rings. The second-order valence-electron chi connectivity index (χ2n) is 15.7. The van der Waals surface area contributed by atoms with Crippen LogP contribution in [0.2, 0.25) is 0 Å². The number of amides is 1. The average molecular weight is 819 g/mol. The molecule has 1 amide bonds. The minimum Gasteiger partial charge on any atom is -0.508 e. The summed E-state index contributed by atoms with van der Waals surface area (Å²) in [4.78, 5) is 44.9. The summed E-state index contributed by atoms with van der Waals surface area (Å²) in [7, 11) is 1.43. The number of rotatable bonds is 2. The molecule has 0 aliphatic carbocycles. The zero-order chi connectivity index (χ0) is 43.4. The monoisotopic (exact) mass is 818 g/mol. The van der Waals surface area contributed by atoms with Crippen LogP contribution in [0, 0.1) is 30.6 Å². The van der Waals surface area contributed by atoms with Crippen LogP contribution in [-0.4, -0.2) is 84.8 Å². The minimum absolute atomic E-state index is 0.0120. The third-order valence-corrected chi connectivity index (χ3v) is 11.6. The Morgan fingerprint density at radius 3 is 2.29 bits per heavy atom. The molecule has 16 heteroatoms. The lowest BCUT2D eigenvalue weighted by molar-refractivity contribution is -0.181. The molecule has 0 radical (unpaired) electrons. The van der Waals surface area contributed by atoms with Crippen molar-refractivity contribution < 1.29 is 63.6 Å². The summed E-state index contributed by atoms with van der Waals surface area (Å²) in [6, 6.07) is 2.19. The van der Waals surface area contributed by atoms with Crippen LogP contribution >= 0.6 is 0 Å². The van der Waals surface area contributed by atoms with Gasteiger partial charge in [-0.3, -0.25) is 14.4 Å². The molecule has 2 aliphatic heterocycles. The molecule has 0 saturated carbocycles. The number of phenolic OH excluding ortho intramolecular Hbond substituents is 3. The van der Waals surface area contributed by atoms with Crippen molar-refractivity contribution in [3.05, 3.63) is 69.6 Å². The van der Waals surface area contributed by atoms with E-state index in [1.165, 1.54) is 53.2 Å². The third kappa shape index (κ3) is 7.57. The Bertz CT molecular complexity index is 2490. The summed E-state index contributed by atoms with van der Waals surface area (Å²) in [5.41, 5.74) is -1.73. The fraction of sp³-hybridized carbons (Fsp3) is 0.442. The number of esters is 1. The number of aliphatic hydroxyl groups is 3. The Morgan fingerprint density at radius 2 is 1.63 bits per heavy atom. The van der Waals surface area contributed by atoms with E-state index in [2.05, 4.69) is 10.3 Å². The van der Waals surface area contributed by atoms with Crippen LogP contribution in [0.4, 0.5) is 5.69 Å². The third-order valence-electron chi connectivity index (χ3n) is 11.6. The molecule has 0 saturated heterocycles. The Labute approximate surface area is 339 Å². The summed E-state index contributed by atoms with van der Waals surface area (Å²) in [6.07, 6.45) is 1.80. The molecule has 1 unspecified atom stereocenters. The molecule has 3 aromatic carbocycles. The van der Waals surface area contributed by atoms with Gasteiger partial charge in [-0.25, -0.2) is 4.98 Å². The Hall–Kier alpha value is -5.68. The van der Waals surface area contributed by atoms with Crippen molar-refractivity contribution in [1.29, 1.82) is 0 Å². The maximum Gasteiger partial charge on any atom is 0.302 e. The second kappa shape index (κ2) is 16.2. The van der Waals surface area contributed by atoms with E-state index in [0.29, 0.717) is 0 Å². The molecule has 1 aromatic heterocycles. The van der Waals surface area contributed by atoms with Crippen molar-refractivity contribution in [1.82, 2.24) is 4.98 Å². The molecule has 3 heterocycles. The van der Waals surface area contributed by atoms with Gasteiger partial charge in [0.2, 0.25) is 0 Å². The quantitative estimate of drug-likeness (QED) is 0.0590. The number of carbonyl (C=O) groups excluding carboxylic acids is 2. The number of phenols is 3. The van der Waals surface area contributed by atoms with E-state index in [-0.39, 0.29) is 66.9 Å². The van der Waals surface area contributed by atoms with Crippen LogP contribution in [0.5, 0.6) is 23.0 Å². The number of aromatic hydroxyl groups is 3. The van der Waals surface area contributed by atoms with Crippen LogP contribution < -0.4 is 15.5 Å². The van der Waals surface area contributed by atoms with E-state index in [9.17, 15) is 45.0 Å². The van der Waals surface area contributed by atoms with Crippen LogP contribution in [0.1, 0.15) is 65.7 Å². The average Bonchev–Trinajstić information content (AvgIpc) is 3.45. The van der Waals surface area contributed by atoms with E-state index in [4.69, 9.17) is 23.4 Å². The highest BCUT2D eigenvalue weighted by molar-refractivity contribution is 6.19. The van der Waals surface area contributed by atoms with Crippen molar-refractivity contribution in [2.75, 3.05) is 12.4 Å². The lowest BCUT2D eigenvalue weighted by atomic mass is 9.78. The minimum atomic E-state index is -1.91. The molecule has 10 atom stereocenters. The first-order valence-corrected chi connectivity index (χ1v) is 19.2. The van der Waals surface area contributed by atoms with Gasteiger partial charge in [-0.2, -0.15) is 0 Å². The summed E-state index contributed by atoms with van der Waals surface area (Å²) < 4.78 is 29.9. The number of nitrogens with one attached hydrogen (secondary N) is 1. The Balaban J connectivity index is 1.60. The lowest BCUT2D eigenvalue weighted by Crippen LogP contribution is -2.46.